The molecule has 1 aromatic carbocycles. The number of anilines is 1. The summed E-state index contributed by atoms with van der Waals surface area (Å²) in [5, 5.41) is 5.16. The van der Waals surface area contributed by atoms with Crippen LogP contribution in [0.25, 0.3) is 0 Å². The Bertz CT molecular complexity index is 844. The van der Waals surface area contributed by atoms with E-state index >= 15 is 0 Å². The summed E-state index contributed by atoms with van der Waals surface area (Å²) >= 11 is 1.70. The summed E-state index contributed by atoms with van der Waals surface area (Å²) < 4.78 is 12.1. The topological polar surface area (TPSA) is 54.0 Å². The second-order valence-electron chi connectivity index (χ2n) is 8.33. The lowest BCUT2D eigenvalue weighted by molar-refractivity contribution is -0.169. The van der Waals surface area contributed by atoms with Gasteiger partial charge in [0, 0.05) is 25.2 Å². The number of para-hydroxylation sites is 1. The van der Waals surface area contributed by atoms with Crippen molar-refractivity contribution in [3.63, 3.8) is 0 Å². The molecule has 0 bridgehead atoms. The molecule has 1 amide bonds. The molecule has 3 aliphatic rings. The first-order valence-electron chi connectivity index (χ1n) is 10.9. The summed E-state index contributed by atoms with van der Waals surface area (Å²) in [6.45, 7) is 4.79. The van der Waals surface area contributed by atoms with E-state index in [2.05, 4.69) is 44.8 Å². The molecule has 3 saturated heterocycles. The number of nitrogens with zero attached hydrogens (tertiary/aromatic N) is 2. The van der Waals surface area contributed by atoms with Gasteiger partial charge in [0.1, 0.15) is 5.54 Å². The molecule has 6 nitrogen and oxygen atoms in total. The standard InChI is InChI=1S/C23H29N3O3S/c27-21-22(26(18-24-21)19-6-2-1-3-7-19)10-13-25(14-11-22)12-5-9-23(28-15-16-29-23)20-8-4-17-30-20/h1-4,6-8,17H,5,9-16,18H2,(H,24,27). The second kappa shape index (κ2) is 8.30. The van der Waals surface area contributed by atoms with E-state index in [-0.39, 0.29) is 5.91 Å². The van der Waals surface area contributed by atoms with E-state index in [1.807, 2.05) is 18.2 Å². The van der Waals surface area contributed by atoms with Gasteiger partial charge in [0.15, 0.2) is 0 Å². The van der Waals surface area contributed by atoms with E-state index in [1.165, 1.54) is 4.88 Å². The molecule has 0 aliphatic carbocycles. The maximum Gasteiger partial charge on any atom is 0.247 e. The molecule has 3 aliphatic heterocycles. The van der Waals surface area contributed by atoms with E-state index in [0.29, 0.717) is 19.9 Å². The minimum Gasteiger partial charge on any atom is -0.343 e. The lowest BCUT2D eigenvalue weighted by Crippen LogP contribution is -2.56. The summed E-state index contributed by atoms with van der Waals surface area (Å²) in [7, 11) is 0. The number of thiophene rings is 1. The molecule has 7 heteroatoms. The lowest BCUT2D eigenvalue weighted by Gasteiger charge is -2.43. The first kappa shape index (κ1) is 20.0. The largest absolute Gasteiger partial charge is 0.343 e. The molecule has 0 atom stereocenters. The zero-order chi connectivity index (χ0) is 20.4. The van der Waals surface area contributed by atoms with Crippen LogP contribution in [0.5, 0.6) is 0 Å². The number of amides is 1. The highest BCUT2D eigenvalue weighted by atomic mass is 32.1. The number of hydrogen-bond donors (Lipinski definition) is 1. The number of hydrogen-bond acceptors (Lipinski definition) is 6. The maximum absolute atomic E-state index is 12.8. The number of carbonyl (C=O) groups excluding carboxylic acids is 1. The van der Waals surface area contributed by atoms with Crippen molar-refractivity contribution < 1.29 is 14.3 Å². The first-order chi connectivity index (χ1) is 14.7. The van der Waals surface area contributed by atoms with Crippen LogP contribution in [-0.2, 0) is 20.1 Å². The van der Waals surface area contributed by atoms with Gasteiger partial charge in [-0.2, -0.15) is 0 Å². The normalized spacial score (nSPS) is 23.2. The number of ether oxygens (including phenoxy) is 2. The monoisotopic (exact) mass is 427 g/mol. The van der Waals surface area contributed by atoms with E-state index in [1.54, 1.807) is 11.3 Å². The van der Waals surface area contributed by atoms with E-state index in [4.69, 9.17) is 9.47 Å². The van der Waals surface area contributed by atoms with Crippen LogP contribution in [0.2, 0.25) is 0 Å². The molecule has 0 radical (unpaired) electrons. The summed E-state index contributed by atoms with van der Waals surface area (Å²) in [5.41, 5.74) is 0.714. The summed E-state index contributed by atoms with van der Waals surface area (Å²) in [6, 6.07) is 14.5. The van der Waals surface area contributed by atoms with Crippen molar-refractivity contribution in [3.8, 4) is 0 Å². The molecule has 5 rings (SSSR count). The van der Waals surface area contributed by atoms with E-state index < -0.39 is 11.3 Å². The van der Waals surface area contributed by atoms with Crippen molar-refractivity contribution in [1.82, 2.24) is 10.2 Å². The molecule has 1 N–H and O–H groups in total. The fourth-order valence-electron chi connectivity index (χ4n) is 5.07. The van der Waals surface area contributed by atoms with Gasteiger partial charge in [0.25, 0.3) is 0 Å². The number of piperidine rings is 1. The molecule has 3 fully saturated rings. The average Bonchev–Trinajstić information content (AvgIpc) is 3.53. The Balaban J connectivity index is 1.19. The molecule has 1 spiro atoms. The van der Waals surface area contributed by atoms with Gasteiger partial charge in [-0.15, -0.1) is 11.3 Å². The van der Waals surface area contributed by atoms with Gasteiger partial charge in [0.05, 0.1) is 24.8 Å². The number of benzene rings is 1. The maximum atomic E-state index is 12.8. The minimum atomic E-state index is -0.555. The van der Waals surface area contributed by atoms with Crippen LogP contribution in [0.1, 0.15) is 30.6 Å². The highest BCUT2D eigenvalue weighted by molar-refractivity contribution is 7.10. The summed E-state index contributed by atoms with van der Waals surface area (Å²) in [5.74, 6) is -0.379. The van der Waals surface area contributed by atoms with Crippen molar-refractivity contribution in [1.29, 1.82) is 0 Å². The number of carbonyl (C=O) groups is 1. The molecule has 1 aromatic heterocycles. The van der Waals surface area contributed by atoms with Gasteiger partial charge in [-0.3, -0.25) is 4.79 Å². The zero-order valence-electron chi connectivity index (χ0n) is 17.2. The molecule has 0 saturated carbocycles. The van der Waals surface area contributed by atoms with Gasteiger partial charge in [-0.25, -0.2) is 0 Å². The van der Waals surface area contributed by atoms with E-state index in [0.717, 1.165) is 51.0 Å². The fourth-order valence-corrected chi connectivity index (χ4v) is 5.93. The van der Waals surface area contributed by atoms with Crippen LogP contribution >= 0.6 is 11.3 Å². The van der Waals surface area contributed by atoms with Gasteiger partial charge in [-0.05, 0) is 49.4 Å². The highest BCUT2D eigenvalue weighted by Gasteiger charge is 2.50. The van der Waals surface area contributed by atoms with Crippen LogP contribution < -0.4 is 10.2 Å². The number of rotatable bonds is 6. The Kier molecular flexibility index (Phi) is 5.54. The third-order valence-corrected chi connectivity index (χ3v) is 7.71. The van der Waals surface area contributed by atoms with Gasteiger partial charge < -0.3 is 24.6 Å². The van der Waals surface area contributed by atoms with Crippen LogP contribution in [0.4, 0.5) is 5.69 Å². The molecule has 0 unspecified atom stereocenters. The third-order valence-electron chi connectivity index (χ3n) is 6.72. The quantitative estimate of drug-likeness (QED) is 0.768. The van der Waals surface area contributed by atoms with Crippen LogP contribution in [0, 0.1) is 0 Å². The Hall–Kier alpha value is -1.93. The third kappa shape index (κ3) is 3.54. The predicted molar refractivity (Wildman–Crippen MR) is 117 cm³/mol. The molecular formula is C23H29N3O3S. The van der Waals surface area contributed by atoms with Crippen molar-refractivity contribution in [2.45, 2.75) is 37.0 Å². The second-order valence-corrected chi connectivity index (χ2v) is 9.28. The van der Waals surface area contributed by atoms with Gasteiger partial charge in [0.2, 0.25) is 11.7 Å². The molecule has 2 aromatic rings. The van der Waals surface area contributed by atoms with Crippen molar-refractivity contribution in [2.24, 2.45) is 0 Å². The van der Waals surface area contributed by atoms with Gasteiger partial charge in [-0.1, -0.05) is 24.3 Å². The fraction of sp³-hybridized carbons (Fsp3) is 0.522. The number of likely N-dealkylation sites (tertiary alicyclic amines) is 1. The smallest absolute Gasteiger partial charge is 0.247 e. The lowest BCUT2D eigenvalue weighted by atomic mass is 9.85. The Morgan fingerprint density at radius 2 is 1.80 bits per heavy atom. The Labute approximate surface area is 181 Å². The molecule has 160 valence electrons. The Morgan fingerprint density at radius 3 is 2.50 bits per heavy atom. The van der Waals surface area contributed by atoms with E-state index in [9.17, 15) is 4.79 Å². The van der Waals surface area contributed by atoms with Crippen LogP contribution in [-0.4, -0.2) is 55.9 Å². The summed E-state index contributed by atoms with van der Waals surface area (Å²) in [4.78, 5) is 18.7. The minimum absolute atomic E-state index is 0.176. The average molecular weight is 428 g/mol. The van der Waals surface area contributed by atoms with Crippen molar-refractivity contribution in [3.05, 3.63) is 52.7 Å². The number of nitrogens with one attached hydrogen (secondary N) is 1. The molecular weight excluding hydrogens is 398 g/mol. The molecule has 4 heterocycles. The summed E-state index contributed by atoms with van der Waals surface area (Å²) in [6.07, 6.45) is 3.60. The van der Waals surface area contributed by atoms with Crippen LogP contribution in [0.3, 0.4) is 0 Å². The first-order valence-corrected chi connectivity index (χ1v) is 11.8. The highest BCUT2D eigenvalue weighted by Crippen LogP contribution is 2.39. The predicted octanol–water partition coefficient (Wildman–Crippen LogP) is 3.16. The Morgan fingerprint density at radius 1 is 1.03 bits per heavy atom. The van der Waals surface area contributed by atoms with Gasteiger partial charge >= 0.3 is 0 Å². The zero-order valence-corrected chi connectivity index (χ0v) is 18.0. The molecule has 30 heavy (non-hydrogen) atoms. The van der Waals surface area contributed by atoms with Crippen molar-refractivity contribution in [2.75, 3.05) is 44.4 Å². The van der Waals surface area contributed by atoms with Crippen molar-refractivity contribution >= 4 is 22.9 Å². The van der Waals surface area contributed by atoms with Crippen LogP contribution in [0.15, 0.2) is 47.8 Å². The SMILES string of the molecule is O=C1NCN(c2ccccc2)C12CCN(CCCC1(c3cccs3)OCCO1)CC2.